The maximum atomic E-state index is 12.6. The summed E-state index contributed by atoms with van der Waals surface area (Å²) in [6.07, 6.45) is 0. The third-order valence-electron chi connectivity index (χ3n) is 4.97. The van der Waals surface area contributed by atoms with Crippen molar-refractivity contribution < 1.29 is 14.9 Å². The molecule has 2 aromatic rings. The Morgan fingerprint density at radius 1 is 1.07 bits per heavy atom. The van der Waals surface area contributed by atoms with E-state index in [0.717, 1.165) is 4.90 Å². The summed E-state index contributed by atoms with van der Waals surface area (Å²) in [4.78, 5) is 24.5. The molecule has 0 aromatic heterocycles. The first-order valence-electron chi connectivity index (χ1n) is 10.3. The van der Waals surface area contributed by atoms with Crippen molar-refractivity contribution in [1.29, 1.82) is 0 Å². The van der Waals surface area contributed by atoms with Crippen molar-refractivity contribution in [2.24, 2.45) is 11.7 Å². The standard InChI is InChI=1S/C24H33N3O2S/c1-16(2)23(17-10-12-18(13-11-17)24(3,4)5)26-14-22(29)27-19-8-6-7-9-20(19)30-15-21(25)28/h6-13,16,23,26H,14-15H2,1-5H3,(H2,25,28)(H,27,29)/p+1/t23-/m0/s1. The Morgan fingerprint density at radius 2 is 1.70 bits per heavy atom. The highest BCUT2D eigenvalue weighted by atomic mass is 32.2. The Labute approximate surface area is 184 Å². The van der Waals surface area contributed by atoms with Gasteiger partial charge >= 0.3 is 0 Å². The van der Waals surface area contributed by atoms with E-state index in [0.29, 0.717) is 18.2 Å². The summed E-state index contributed by atoms with van der Waals surface area (Å²) < 4.78 is 0. The molecule has 1 atom stereocenters. The number of anilines is 1. The molecule has 0 radical (unpaired) electrons. The summed E-state index contributed by atoms with van der Waals surface area (Å²) in [6, 6.07) is 16.4. The number of hydrogen-bond donors (Lipinski definition) is 3. The molecule has 5 N–H and O–H groups in total. The molecular weight excluding hydrogens is 394 g/mol. The molecule has 162 valence electrons. The van der Waals surface area contributed by atoms with Gasteiger partial charge in [-0.05, 0) is 23.1 Å². The Morgan fingerprint density at radius 3 is 2.27 bits per heavy atom. The van der Waals surface area contributed by atoms with Gasteiger partial charge in [0.15, 0.2) is 6.54 Å². The summed E-state index contributed by atoms with van der Waals surface area (Å²) in [5.74, 6) is 0.112. The zero-order chi connectivity index (χ0) is 22.3. The topological polar surface area (TPSA) is 88.8 Å². The normalized spacial score (nSPS) is 12.6. The van der Waals surface area contributed by atoms with E-state index in [2.05, 4.69) is 69.5 Å². The number of quaternary nitrogens is 1. The SMILES string of the molecule is CC(C)[C@H]([NH2+]CC(=O)Nc1ccccc1SCC(N)=O)c1ccc(C(C)(C)C)cc1. The lowest BCUT2D eigenvalue weighted by atomic mass is 9.85. The molecule has 0 saturated carbocycles. The minimum atomic E-state index is -0.383. The van der Waals surface area contributed by atoms with Crippen molar-refractivity contribution in [3.63, 3.8) is 0 Å². The van der Waals surface area contributed by atoms with Crippen LogP contribution in [0.1, 0.15) is 51.8 Å². The second-order valence-corrected chi connectivity index (χ2v) is 9.90. The van der Waals surface area contributed by atoms with E-state index in [9.17, 15) is 9.59 Å². The van der Waals surface area contributed by atoms with Crippen molar-refractivity contribution in [3.8, 4) is 0 Å². The predicted octanol–water partition coefficient (Wildman–Crippen LogP) is 3.46. The number of para-hydroxylation sites is 1. The molecule has 0 heterocycles. The van der Waals surface area contributed by atoms with Gasteiger partial charge in [0.1, 0.15) is 6.04 Å². The molecule has 2 aromatic carbocycles. The van der Waals surface area contributed by atoms with E-state index in [4.69, 9.17) is 5.73 Å². The van der Waals surface area contributed by atoms with Crippen LogP contribution in [-0.2, 0) is 15.0 Å². The Bertz CT molecular complexity index is 857. The van der Waals surface area contributed by atoms with Crippen molar-refractivity contribution in [2.75, 3.05) is 17.6 Å². The molecule has 0 bridgehead atoms. The van der Waals surface area contributed by atoms with Crippen LogP contribution in [-0.4, -0.2) is 24.1 Å². The van der Waals surface area contributed by atoms with Crippen LogP contribution < -0.4 is 16.4 Å². The molecule has 0 aliphatic heterocycles. The highest BCUT2D eigenvalue weighted by Gasteiger charge is 2.22. The van der Waals surface area contributed by atoms with Crippen LogP contribution >= 0.6 is 11.8 Å². The molecule has 5 nitrogen and oxygen atoms in total. The number of rotatable bonds is 9. The van der Waals surface area contributed by atoms with Gasteiger partial charge in [-0.1, -0.05) is 71.0 Å². The van der Waals surface area contributed by atoms with Crippen LogP contribution in [0.25, 0.3) is 0 Å². The Balaban J connectivity index is 2.02. The first-order chi connectivity index (χ1) is 14.1. The zero-order valence-electron chi connectivity index (χ0n) is 18.6. The third-order valence-corrected chi connectivity index (χ3v) is 6.06. The van der Waals surface area contributed by atoms with Gasteiger partial charge < -0.3 is 16.4 Å². The molecule has 0 spiro atoms. The first kappa shape index (κ1) is 24.0. The maximum absolute atomic E-state index is 12.6. The second-order valence-electron chi connectivity index (χ2n) is 8.88. The first-order valence-corrected chi connectivity index (χ1v) is 11.3. The molecule has 0 aliphatic carbocycles. The molecule has 2 amide bonds. The number of primary amides is 1. The summed E-state index contributed by atoms with van der Waals surface area (Å²) in [7, 11) is 0. The number of amides is 2. The molecule has 0 aliphatic rings. The molecule has 0 saturated heterocycles. The fourth-order valence-corrected chi connectivity index (χ4v) is 4.03. The van der Waals surface area contributed by atoms with Crippen molar-refractivity contribution in [1.82, 2.24) is 0 Å². The van der Waals surface area contributed by atoms with Gasteiger partial charge in [-0.2, -0.15) is 0 Å². The van der Waals surface area contributed by atoms with Gasteiger partial charge in [0.2, 0.25) is 5.91 Å². The van der Waals surface area contributed by atoms with Crippen LogP contribution in [0.5, 0.6) is 0 Å². The average molecular weight is 429 g/mol. The molecule has 6 heteroatoms. The van der Waals surface area contributed by atoms with E-state index >= 15 is 0 Å². The third kappa shape index (κ3) is 7.18. The lowest BCUT2D eigenvalue weighted by Gasteiger charge is -2.22. The van der Waals surface area contributed by atoms with Crippen molar-refractivity contribution in [2.45, 2.75) is 51.0 Å². The molecule has 2 rings (SSSR count). The number of carbonyl (C=O) groups excluding carboxylic acids is 2. The molecule has 0 fully saturated rings. The summed E-state index contributed by atoms with van der Waals surface area (Å²) >= 11 is 1.33. The van der Waals surface area contributed by atoms with E-state index in [1.165, 1.54) is 22.9 Å². The van der Waals surface area contributed by atoms with Crippen LogP contribution in [0.15, 0.2) is 53.4 Å². The van der Waals surface area contributed by atoms with E-state index in [1.54, 1.807) is 0 Å². The Kier molecular flexibility index (Phi) is 8.50. The Hall–Kier alpha value is -2.31. The predicted molar refractivity (Wildman–Crippen MR) is 125 cm³/mol. The summed E-state index contributed by atoms with van der Waals surface area (Å²) in [6.45, 7) is 11.3. The van der Waals surface area contributed by atoms with Crippen LogP contribution in [0.2, 0.25) is 0 Å². The fraction of sp³-hybridized carbons (Fsp3) is 0.417. The van der Waals surface area contributed by atoms with E-state index < -0.39 is 0 Å². The lowest BCUT2D eigenvalue weighted by Crippen LogP contribution is -2.88. The number of nitrogens with two attached hydrogens (primary N) is 2. The monoisotopic (exact) mass is 428 g/mol. The number of thioether (sulfide) groups is 1. The number of carbonyl (C=O) groups is 2. The van der Waals surface area contributed by atoms with Gasteiger partial charge in [-0.25, -0.2) is 0 Å². The maximum Gasteiger partial charge on any atom is 0.279 e. The number of benzene rings is 2. The fourth-order valence-electron chi connectivity index (χ4n) is 3.28. The highest BCUT2D eigenvalue weighted by Crippen LogP contribution is 2.27. The summed E-state index contributed by atoms with van der Waals surface area (Å²) in [5, 5.41) is 5.05. The minimum Gasteiger partial charge on any atom is -0.369 e. The minimum absolute atomic E-state index is 0.0703. The number of nitrogens with one attached hydrogen (secondary N) is 1. The smallest absolute Gasteiger partial charge is 0.279 e. The van der Waals surface area contributed by atoms with Crippen molar-refractivity contribution in [3.05, 3.63) is 59.7 Å². The quantitative estimate of drug-likeness (QED) is 0.534. The van der Waals surface area contributed by atoms with Gasteiger partial charge in [0.25, 0.3) is 5.91 Å². The van der Waals surface area contributed by atoms with Gasteiger partial charge in [0, 0.05) is 16.4 Å². The molecule has 0 unspecified atom stereocenters. The lowest BCUT2D eigenvalue weighted by molar-refractivity contribution is -0.692. The van der Waals surface area contributed by atoms with Gasteiger partial charge in [-0.15, -0.1) is 11.8 Å². The van der Waals surface area contributed by atoms with Crippen molar-refractivity contribution >= 4 is 29.3 Å². The summed E-state index contributed by atoms with van der Waals surface area (Å²) in [5.41, 5.74) is 8.59. The highest BCUT2D eigenvalue weighted by molar-refractivity contribution is 8.00. The van der Waals surface area contributed by atoms with E-state index in [1.807, 2.05) is 24.3 Å². The molecule has 30 heavy (non-hydrogen) atoms. The van der Waals surface area contributed by atoms with Crippen LogP contribution in [0, 0.1) is 5.92 Å². The van der Waals surface area contributed by atoms with Crippen LogP contribution in [0.4, 0.5) is 5.69 Å². The number of hydrogen-bond acceptors (Lipinski definition) is 3. The average Bonchev–Trinajstić information content (AvgIpc) is 2.67. The second kappa shape index (κ2) is 10.6. The molecular formula is C24H34N3O2S+. The zero-order valence-corrected chi connectivity index (χ0v) is 19.4. The largest absolute Gasteiger partial charge is 0.369 e. The van der Waals surface area contributed by atoms with Crippen LogP contribution in [0.3, 0.4) is 0 Å². The van der Waals surface area contributed by atoms with Gasteiger partial charge in [-0.3, -0.25) is 9.59 Å². The van der Waals surface area contributed by atoms with Gasteiger partial charge in [0.05, 0.1) is 11.4 Å². The van der Waals surface area contributed by atoms with E-state index in [-0.39, 0.29) is 29.0 Å².